The number of hydrogen-bond donors (Lipinski definition) is 0. The molecule has 0 saturated carbocycles. The number of aromatic nitrogens is 2. The van der Waals surface area contributed by atoms with E-state index in [9.17, 15) is 0 Å². The van der Waals surface area contributed by atoms with E-state index in [2.05, 4.69) is 18.1 Å². The van der Waals surface area contributed by atoms with E-state index in [1.165, 1.54) is 11.4 Å². The molecule has 1 aromatic rings. The summed E-state index contributed by atoms with van der Waals surface area (Å²) in [5.74, 6) is 0. The molecule has 1 aliphatic heterocycles. The molecule has 13 heavy (non-hydrogen) atoms. The first-order valence-corrected chi connectivity index (χ1v) is 5.03. The Balaban J connectivity index is 0.000000396. The Labute approximate surface area is 79.7 Å². The number of hydrogen-bond acceptors (Lipinski definition) is 2. The topological polar surface area (TPSA) is 27.1 Å². The largest absolute Gasteiger partial charge is 0.373 e. The summed E-state index contributed by atoms with van der Waals surface area (Å²) in [6.45, 7) is 8.56. The molecule has 1 aromatic heterocycles. The van der Waals surface area contributed by atoms with Crippen LogP contribution in [-0.4, -0.2) is 16.4 Å². The molecule has 0 fully saturated rings. The third-order valence-electron chi connectivity index (χ3n) is 1.97. The molecule has 0 aliphatic carbocycles. The molecule has 0 spiro atoms. The molecule has 3 heteroatoms. The molecule has 0 atom stereocenters. The predicted molar refractivity (Wildman–Crippen MR) is 52.6 cm³/mol. The lowest BCUT2D eigenvalue weighted by Crippen LogP contribution is -2.16. The van der Waals surface area contributed by atoms with Crippen molar-refractivity contribution in [3.05, 3.63) is 17.5 Å². The van der Waals surface area contributed by atoms with Crippen LogP contribution in [0.2, 0.25) is 0 Å². The standard InChI is InChI=1S/C8H12N2O.C2H6/c1-2-7-5-8-6-11-4-3-10(8)9-7;1-2/h5H,2-4,6H2,1H3;1-2H3. The first-order chi connectivity index (χ1) is 6.40. The van der Waals surface area contributed by atoms with Crippen molar-refractivity contribution in [1.82, 2.24) is 9.78 Å². The fraction of sp³-hybridized carbons (Fsp3) is 0.700. The summed E-state index contributed by atoms with van der Waals surface area (Å²) < 4.78 is 7.34. The highest BCUT2D eigenvalue weighted by atomic mass is 16.5. The van der Waals surface area contributed by atoms with Crippen LogP contribution < -0.4 is 0 Å². The highest BCUT2D eigenvalue weighted by Gasteiger charge is 2.10. The van der Waals surface area contributed by atoms with Crippen molar-refractivity contribution < 1.29 is 4.74 Å². The first kappa shape index (κ1) is 10.3. The molecule has 1 aliphatic rings. The zero-order valence-electron chi connectivity index (χ0n) is 8.71. The van der Waals surface area contributed by atoms with Crippen molar-refractivity contribution >= 4 is 0 Å². The van der Waals surface area contributed by atoms with Crippen LogP contribution in [-0.2, 0) is 24.3 Å². The van der Waals surface area contributed by atoms with Gasteiger partial charge in [-0.25, -0.2) is 0 Å². The quantitative estimate of drug-likeness (QED) is 0.664. The van der Waals surface area contributed by atoms with Crippen molar-refractivity contribution in [2.45, 2.75) is 40.3 Å². The molecule has 0 amide bonds. The molecule has 0 unspecified atom stereocenters. The van der Waals surface area contributed by atoms with Gasteiger partial charge in [-0.3, -0.25) is 4.68 Å². The third-order valence-corrected chi connectivity index (χ3v) is 1.97. The van der Waals surface area contributed by atoms with E-state index < -0.39 is 0 Å². The van der Waals surface area contributed by atoms with Gasteiger partial charge in [0.25, 0.3) is 0 Å². The molecule has 0 N–H and O–H groups in total. The van der Waals surface area contributed by atoms with Gasteiger partial charge in [-0.2, -0.15) is 5.10 Å². The van der Waals surface area contributed by atoms with E-state index in [1.807, 2.05) is 18.5 Å². The monoisotopic (exact) mass is 182 g/mol. The van der Waals surface area contributed by atoms with Gasteiger partial charge in [0.05, 0.1) is 31.1 Å². The van der Waals surface area contributed by atoms with Crippen LogP contribution in [0.4, 0.5) is 0 Å². The third kappa shape index (κ3) is 2.31. The van der Waals surface area contributed by atoms with Gasteiger partial charge >= 0.3 is 0 Å². The van der Waals surface area contributed by atoms with Gasteiger partial charge in [0, 0.05) is 0 Å². The molecule has 2 rings (SSSR count). The number of fused-ring (bicyclic) bond motifs is 1. The zero-order valence-corrected chi connectivity index (χ0v) is 8.71. The zero-order chi connectivity index (χ0) is 9.68. The van der Waals surface area contributed by atoms with Gasteiger partial charge in [-0.05, 0) is 12.5 Å². The molecule has 0 bridgehead atoms. The highest BCUT2D eigenvalue weighted by Crippen LogP contribution is 2.10. The van der Waals surface area contributed by atoms with Crippen molar-refractivity contribution in [3.8, 4) is 0 Å². The summed E-state index contributed by atoms with van der Waals surface area (Å²) >= 11 is 0. The maximum atomic E-state index is 5.29. The Morgan fingerprint density at radius 3 is 2.92 bits per heavy atom. The van der Waals surface area contributed by atoms with Crippen molar-refractivity contribution in [2.24, 2.45) is 0 Å². The smallest absolute Gasteiger partial charge is 0.0885 e. The van der Waals surface area contributed by atoms with Crippen molar-refractivity contribution in [1.29, 1.82) is 0 Å². The molecular formula is C10H18N2O. The van der Waals surface area contributed by atoms with E-state index in [0.29, 0.717) is 0 Å². The van der Waals surface area contributed by atoms with Gasteiger partial charge in [0.1, 0.15) is 0 Å². The Morgan fingerprint density at radius 1 is 1.54 bits per heavy atom. The summed E-state index contributed by atoms with van der Waals surface area (Å²) in [5.41, 5.74) is 2.39. The maximum absolute atomic E-state index is 5.29. The first-order valence-electron chi connectivity index (χ1n) is 5.03. The van der Waals surface area contributed by atoms with E-state index in [0.717, 1.165) is 26.2 Å². The predicted octanol–water partition coefficient (Wildman–Crippen LogP) is 2.00. The van der Waals surface area contributed by atoms with Gasteiger partial charge in [-0.15, -0.1) is 0 Å². The minimum atomic E-state index is 0.729. The Kier molecular flexibility index (Phi) is 3.96. The minimum absolute atomic E-state index is 0.729. The second-order valence-corrected chi connectivity index (χ2v) is 2.76. The molecule has 0 radical (unpaired) electrons. The van der Waals surface area contributed by atoms with Gasteiger partial charge in [0.2, 0.25) is 0 Å². The summed E-state index contributed by atoms with van der Waals surface area (Å²) in [5, 5.41) is 4.41. The minimum Gasteiger partial charge on any atom is -0.373 e. The van der Waals surface area contributed by atoms with Crippen LogP contribution in [0.25, 0.3) is 0 Å². The maximum Gasteiger partial charge on any atom is 0.0885 e. The van der Waals surface area contributed by atoms with Crippen molar-refractivity contribution in [2.75, 3.05) is 6.61 Å². The molecule has 0 aromatic carbocycles. The summed E-state index contributed by atoms with van der Waals surface area (Å²) in [7, 11) is 0. The van der Waals surface area contributed by atoms with E-state index >= 15 is 0 Å². The number of ether oxygens (including phenoxy) is 1. The highest BCUT2D eigenvalue weighted by molar-refractivity contribution is 5.10. The fourth-order valence-electron chi connectivity index (χ4n) is 1.33. The van der Waals surface area contributed by atoms with Gasteiger partial charge in [0.15, 0.2) is 0 Å². The molecule has 74 valence electrons. The fourth-order valence-corrected chi connectivity index (χ4v) is 1.33. The lowest BCUT2D eigenvalue weighted by atomic mass is 10.3. The number of nitrogens with zero attached hydrogens (tertiary/aromatic N) is 2. The Hall–Kier alpha value is -0.830. The van der Waals surface area contributed by atoms with E-state index in [4.69, 9.17) is 4.74 Å². The normalized spacial score (nSPS) is 14.4. The number of rotatable bonds is 1. The van der Waals surface area contributed by atoms with E-state index in [-0.39, 0.29) is 0 Å². The lowest BCUT2D eigenvalue weighted by Gasteiger charge is -2.12. The van der Waals surface area contributed by atoms with Crippen LogP contribution >= 0.6 is 0 Å². The van der Waals surface area contributed by atoms with Gasteiger partial charge in [-0.1, -0.05) is 20.8 Å². The summed E-state index contributed by atoms with van der Waals surface area (Å²) in [4.78, 5) is 0. The van der Waals surface area contributed by atoms with Crippen LogP contribution in [0.3, 0.4) is 0 Å². The van der Waals surface area contributed by atoms with Gasteiger partial charge < -0.3 is 4.74 Å². The van der Waals surface area contributed by atoms with Crippen LogP contribution in [0, 0.1) is 0 Å². The average molecular weight is 182 g/mol. The molecule has 2 heterocycles. The van der Waals surface area contributed by atoms with Crippen LogP contribution in [0.1, 0.15) is 32.2 Å². The average Bonchev–Trinajstić information content (AvgIpc) is 2.63. The van der Waals surface area contributed by atoms with Crippen molar-refractivity contribution in [3.63, 3.8) is 0 Å². The number of aryl methyl sites for hydroxylation is 1. The Morgan fingerprint density at radius 2 is 2.31 bits per heavy atom. The molecular weight excluding hydrogens is 164 g/mol. The Bertz CT molecular complexity index is 232. The second kappa shape index (κ2) is 5.02. The van der Waals surface area contributed by atoms with E-state index in [1.54, 1.807) is 0 Å². The lowest BCUT2D eigenvalue weighted by molar-refractivity contribution is 0.0800. The van der Waals surface area contributed by atoms with Crippen LogP contribution in [0.5, 0.6) is 0 Å². The molecule has 0 saturated heterocycles. The van der Waals surface area contributed by atoms with Crippen LogP contribution in [0.15, 0.2) is 6.07 Å². The summed E-state index contributed by atoms with van der Waals surface area (Å²) in [6, 6.07) is 2.12. The summed E-state index contributed by atoms with van der Waals surface area (Å²) in [6.07, 6.45) is 1.01. The SMILES string of the molecule is CC.CCc1cc2n(n1)CCOC2. The molecule has 3 nitrogen and oxygen atoms in total. The second-order valence-electron chi connectivity index (χ2n) is 2.76.